The first-order chi connectivity index (χ1) is 11.9. The quantitative estimate of drug-likeness (QED) is 0.253. The Morgan fingerprint density at radius 2 is 0.760 bits per heavy atom. The van der Waals surface area contributed by atoms with Crippen LogP contribution in [0.25, 0.3) is 0 Å². The minimum atomic E-state index is -0.0625. The van der Waals surface area contributed by atoms with Crippen LogP contribution in [0.3, 0.4) is 0 Å². The molecule has 0 saturated heterocycles. The van der Waals surface area contributed by atoms with Crippen LogP contribution in [0.1, 0.15) is 111 Å². The highest BCUT2D eigenvalue weighted by molar-refractivity contribution is 5.69. The summed E-state index contributed by atoms with van der Waals surface area (Å²) >= 11 is 0. The lowest BCUT2D eigenvalue weighted by Gasteiger charge is -2.07. The molecule has 0 unspecified atom stereocenters. The smallest absolute Gasteiger partial charge is 0.306 e. The van der Waals surface area contributed by atoms with Gasteiger partial charge in [0.15, 0.2) is 0 Å². The third-order valence-electron chi connectivity index (χ3n) is 4.00. The molecule has 0 aromatic rings. The number of hydrogen-bond donors (Lipinski definition) is 0. The van der Waals surface area contributed by atoms with Crippen LogP contribution in [-0.2, 0) is 19.1 Å². The largest absolute Gasteiger partial charge is 0.463 e. The molecule has 0 aliphatic heterocycles. The van der Waals surface area contributed by atoms with Gasteiger partial charge in [0.2, 0.25) is 0 Å². The highest BCUT2D eigenvalue weighted by Crippen LogP contribution is 2.13. The standard InChI is InChI=1S/C21H40O4/c1-18(2)24-20(22)16-14-12-10-8-6-5-7-9-11-13-15-17-21(23)25-19(3)4/h18-19H,5-17H2,1-4H3. The maximum atomic E-state index is 11.4. The second-order valence-electron chi connectivity index (χ2n) is 7.47. The molecule has 0 aromatic carbocycles. The van der Waals surface area contributed by atoms with Gasteiger partial charge >= 0.3 is 11.9 Å². The van der Waals surface area contributed by atoms with Gasteiger partial charge in [0, 0.05) is 12.8 Å². The molecule has 0 aliphatic rings. The average Bonchev–Trinajstić information content (AvgIpc) is 2.50. The summed E-state index contributed by atoms with van der Waals surface area (Å²) in [5.74, 6) is -0.125. The molecule has 0 rings (SSSR count). The zero-order valence-corrected chi connectivity index (χ0v) is 17.0. The fourth-order valence-corrected chi connectivity index (χ4v) is 2.77. The van der Waals surface area contributed by atoms with Gasteiger partial charge < -0.3 is 9.47 Å². The van der Waals surface area contributed by atoms with Gasteiger partial charge in [-0.1, -0.05) is 57.8 Å². The predicted molar refractivity (Wildman–Crippen MR) is 102 cm³/mol. The van der Waals surface area contributed by atoms with Crippen molar-refractivity contribution in [1.29, 1.82) is 0 Å². The molecule has 0 fully saturated rings. The molecule has 0 atom stereocenters. The molecule has 0 amide bonds. The highest BCUT2D eigenvalue weighted by Gasteiger charge is 2.05. The summed E-state index contributed by atoms with van der Waals surface area (Å²) in [7, 11) is 0. The summed E-state index contributed by atoms with van der Waals surface area (Å²) in [4.78, 5) is 22.7. The summed E-state index contributed by atoms with van der Waals surface area (Å²) in [6, 6.07) is 0. The van der Waals surface area contributed by atoms with Gasteiger partial charge in [0.05, 0.1) is 12.2 Å². The van der Waals surface area contributed by atoms with Gasteiger partial charge in [0.1, 0.15) is 0 Å². The van der Waals surface area contributed by atoms with E-state index in [0.29, 0.717) is 12.8 Å². The van der Waals surface area contributed by atoms with E-state index in [9.17, 15) is 9.59 Å². The molecule has 0 N–H and O–H groups in total. The summed E-state index contributed by atoms with van der Waals surface area (Å²) in [6.45, 7) is 7.55. The molecule has 25 heavy (non-hydrogen) atoms. The zero-order chi connectivity index (χ0) is 18.9. The predicted octanol–water partition coefficient (Wildman–Crippen LogP) is 5.96. The summed E-state index contributed by atoms with van der Waals surface area (Å²) in [5.41, 5.74) is 0. The van der Waals surface area contributed by atoms with Crippen molar-refractivity contribution in [3.8, 4) is 0 Å². The van der Waals surface area contributed by atoms with E-state index < -0.39 is 0 Å². The Bertz CT molecular complexity index is 305. The first-order valence-electron chi connectivity index (χ1n) is 10.3. The molecule has 4 heteroatoms. The lowest BCUT2D eigenvalue weighted by atomic mass is 10.0. The van der Waals surface area contributed by atoms with Crippen molar-refractivity contribution in [2.24, 2.45) is 0 Å². The minimum Gasteiger partial charge on any atom is -0.463 e. The highest BCUT2D eigenvalue weighted by atomic mass is 16.5. The van der Waals surface area contributed by atoms with Crippen LogP contribution in [0.2, 0.25) is 0 Å². The van der Waals surface area contributed by atoms with E-state index in [1.807, 2.05) is 27.7 Å². The van der Waals surface area contributed by atoms with Crippen molar-refractivity contribution >= 4 is 11.9 Å². The van der Waals surface area contributed by atoms with E-state index in [-0.39, 0.29) is 24.1 Å². The van der Waals surface area contributed by atoms with E-state index in [4.69, 9.17) is 9.47 Å². The number of rotatable bonds is 16. The van der Waals surface area contributed by atoms with Gasteiger partial charge in [-0.25, -0.2) is 0 Å². The van der Waals surface area contributed by atoms with Crippen molar-refractivity contribution in [2.45, 2.75) is 123 Å². The maximum Gasteiger partial charge on any atom is 0.306 e. The van der Waals surface area contributed by atoms with Gasteiger partial charge in [0.25, 0.3) is 0 Å². The van der Waals surface area contributed by atoms with Crippen LogP contribution >= 0.6 is 0 Å². The summed E-state index contributed by atoms with van der Waals surface area (Å²) in [6.07, 6.45) is 14.1. The molecule has 0 saturated carbocycles. The normalized spacial score (nSPS) is 11.1. The SMILES string of the molecule is CC(C)OC(=O)CCCCCCCCCCCCCC(=O)OC(C)C. The van der Waals surface area contributed by atoms with Crippen LogP contribution in [0.4, 0.5) is 0 Å². The number of unbranched alkanes of at least 4 members (excludes halogenated alkanes) is 10. The Morgan fingerprint density at radius 3 is 1.00 bits per heavy atom. The van der Waals surface area contributed by atoms with Crippen molar-refractivity contribution in [3.05, 3.63) is 0 Å². The van der Waals surface area contributed by atoms with Gasteiger partial charge in [-0.15, -0.1) is 0 Å². The fraction of sp³-hybridized carbons (Fsp3) is 0.905. The van der Waals surface area contributed by atoms with Crippen LogP contribution < -0.4 is 0 Å². The monoisotopic (exact) mass is 356 g/mol. The molecule has 0 radical (unpaired) electrons. The lowest BCUT2D eigenvalue weighted by molar-refractivity contribution is -0.148. The first kappa shape index (κ1) is 23.9. The Balaban J connectivity index is 3.19. The molecule has 4 nitrogen and oxygen atoms in total. The van der Waals surface area contributed by atoms with Crippen LogP contribution in [0, 0.1) is 0 Å². The van der Waals surface area contributed by atoms with E-state index in [1.165, 1.54) is 44.9 Å². The van der Waals surface area contributed by atoms with Crippen molar-refractivity contribution in [2.75, 3.05) is 0 Å². The molecule has 148 valence electrons. The average molecular weight is 357 g/mol. The molecule has 0 aromatic heterocycles. The zero-order valence-electron chi connectivity index (χ0n) is 17.0. The van der Waals surface area contributed by atoms with Crippen LogP contribution in [-0.4, -0.2) is 24.1 Å². The lowest BCUT2D eigenvalue weighted by Crippen LogP contribution is -2.10. The van der Waals surface area contributed by atoms with E-state index >= 15 is 0 Å². The van der Waals surface area contributed by atoms with Crippen LogP contribution in [0.5, 0.6) is 0 Å². The Kier molecular flexibility index (Phi) is 15.7. The van der Waals surface area contributed by atoms with Crippen molar-refractivity contribution in [1.82, 2.24) is 0 Å². The Morgan fingerprint density at radius 1 is 0.520 bits per heavy atom. The Hall–Kier alpha value is -1.06. The molecule has 0 aliphatic carbocycles. The number of carbonyl (C=O) groups excluding carboxylic acids is 2. The van der Waals surface area contributed by atoms with E-state index in [1.54, 1.807) is 0 Å². The van der Waals surface area contributed by atoms with E-state index in [0.717, 1.165) is 25.7 Å². The maximum absolute atomic E-state index is 11.4. The molecular weight excluding hydrogens is 316 g/mol. The van der Waals surface area contributed by atoms with Gasteiger partial charge in [-0.2, -0.15) is 0 Å². The van der Waals surface area contributed by atoms with Crippen molar-refractivity contribution < 1.29 is 19.1 Å². The second kappa shape index (κ2) is 16.4. The van der Waals surface area contributed by atoms with Gasteiger partial charge in [-0.3, -0.25) is 9.59 Å². The third kappa shape index (κ3) is 19.1. The van der Waals surface area contributed by atoms with Crippen molar-refractivity contribution in [3.63, 3.8) is 0 Å². The third-order valence-corrected chi connectivity index (χ3v) is 4.00. The topological polar surface area (TPSA) is 52.6 Å². The van der Waals surface area contributed by atoms with E-state index in [2.05, 4.69) is 0 Å². The van der Waals surface area contributed by atoms with Crippen LogP contribution in [0.15, 0.2) is 0 Å². The number of carbonyl (C=O) groups is 2. The Labute approximate surface area is 155 Å². The minimum absolute atomic E-state index is 0.00126. The number of esters is 2. The summed E-state index contributed by atoms with van der Waals surface area (Å²) < 4.78 is 10.2. The molecular formula is C21H40O4. The molecule has 0 heterocycles. The molecule has 0 bridgehead atoms. The second-order valence-corrected chi connectivity index (χ2v) is 7.47. The first-order valence-corrected chi connectivity index (χ1v) is 10.3. The number of ether oxygens (including phenoxy) is 2. The molecule has 0 spiro atoms. The fourth-order valence-electron chi connectivity index (χ4n) is 2.77. The van der Waals surface area contributed by atoms with Gasteiger partial charge in [-0.05, 0) is 40.5 Å². The number of hydrogen-bond acceptors (Lipinski definition) is 4. The summed E-state index contributed by atoms with van der Waals surface area (Å²) in [5, 5.41) is 0.